The van der Waals surface area contributed by atoms with Crippen LogP contribution in [0.1, 0.15) is 63.6 Å². The number of carbonyl (C=O) groups is 2. The molecule has 38 heavy (non-hydrogen) atoms. The number of hydrogen-bond acceptors (Lipinski definition) is 5. The second kappa shape index (κ2) is 13.1. The summed E-state index contributed by atoms with van der Waals surface area (Å²) in [5, 5.41) is 2.99. The number of methoxy groups -OCH3 is 1. The van der Waals surface area contributed by atoms with E-state index in [1.165, 1.54) is 10.6 Å². The number of aryl methyl sites for hydroxylation is 2. The lowest BCUT2D eigenvalue weighted by Crippen LogP contribution is -2.53. The Morgan fingerprint density at radius 3 is 2.16 bits per heavy atom. The third-order valence-corrected chi connectivity index (χ3v) is 7.52. The van der Waals surface area contributed by atoms with Crippen molar-refractivity contribution < 1.29 is 22.7 Å². The maximum absolute atomic E-state index is 13.6. The second-order valence-corrected chi connectivity index (χ2v) is 12.6. The molecule has 9 heteroatoms. The number of carbonyl (C=O) groups excluding carboxylic acids is 2. The molecule has 0 aliphatic heterocycles. The Bertz CT molecular complexity index is 1200. The van der Waals surface area contributed by atoms with Gasteiger partial charge in [0.05, 0.1) is 19.1 Å². The van der Waals surface area contributed by atoms with Crippen molar-refractivity contribution in [3.8, 4) is 5.75 Å². The second-order valence-electron chi connectivity index (χ2n) is 10.7. The number of sulfonamides is 1. The van der Waals surface area contributed by atoms with Crippen LogP contribution in [0.4, 0.5) is 5.69 Å². The molecule has 2 rings (SSSR count). The van der Waals surface area contributed by atoms with Gasteiger partial charge in [0.2, 0.25) is 21.8 Å². The number of rotatable bonds is 12. The van der Waals surface area contributed by atoms with Crippen molar-refractivity contribution in [2.45, 2.75) is 78.9 Å². The number of hydrogen-bond donors (Lipinski definition) is 1. The first kappa shape index (κ1) is 31.1. The zero-order valence-corrected chi connectivity index (χ0v) is 24.8. The first-order valence-electron chi connectivity index (χ1n) is 13.0. The van der Waals surface area contributed by atoms with Crippen molar-refractivity contribution >= 4 is 27.5 Å². The fraction of sp³-hybridized carbons (Fsp3) is 0.517. The van der Waals surface area contributed by atoms with E-state index in [2.05, 4.69) is 5.32 Å². The van der Waals surface area contributed by atoms with Crippen LogP contribution in [-0.2, 0) is 26.2 Å². The molecule has 0 saturated carbocycles. The van der Waals surface area contributed by atoms with Crippen molar-refractivity contribution in [3.63, 3.8) is 0 Å². The molecule has 0 fully saturated rings. The molecule has 0 aliphatic rings. The minimum atomic E-state index is -3.54. The standard InChI is InChI=1S/C29H43N3O5S/c1-9-26(28(34)30-29(4,5)6)31(20-23-13-16-25(37-7)17-14-23)27(33)11-10-18-32(38(8,35)36)24-15-12-21(2)22(3)19-24/h12-17,19,26H,9-11,18,20H2,1-8H3,(H,30,34)/t26-/m0/s1. The van der Waals surface area contributed by atoms with Crippen molar-refractivity contribution in [2.24, 2.45) is 0 Å². The van der Waals surface area contributed by atoms with Gasteiger partial charge in [-0.3, -0.25) is 13.9 Å². The molecule has 0 aromatic heterocycles. The number of amides is 2. The van der Waals surface area contributed by atoms with Gasteiger partial charge in [-0.25, -0.2) is 8.42 Å². The van der Waals surface area contributed by atoms with Crippen molar-refractivity contribution in [1.29, 1.82) is 0 Å². The Kier molecular flexibility index (Phi) is 10.8. The van der Waals surface area contributed by atoms with Crippen molar-refractivity contribution in [3.05, 3.63) is 59.2 Å². The van der Waals surface area contributed by atoms with Crippen LogP contribution in [0.5, 0.6) is 5.75 Å². The number of nitrogens with zero attached hydrogens (tertiary/aromatic N) is 2. The van der Waals surface area contributed by atoms with E-state index in [4.69, 9.17) is 4.74 Å². The molecular formula is C29H43N3O5S. The number of anilines is 1. The van der Waals surface area contributed by atoms with Crippen LogP contribution in [0.3, 0.4) is 0 Å². The van der Waals surface area contributed by atoms with E-state index < -0.39 is 21.6 Å². The molecule has 0 heterocycles. The van der Waals surface area contributed by atoms with Gasteiger partial charge in [0.1, 0.15) is 11.8 Å². The number of benzene rings is 2. The van der Waals surface area contributed by atoms with E-state index in [1.807, 2.05) is 77.9 Å². The summed E-state index contributed by atoms with van der Waals surface area (Å²) in [4.78, 5) is 28.3. The van der Waals surface area contributed by atoms with Gasteiger partial charge in [0.15, 0.2) is 0 Å². The predicted molar refractivity (Wildman–Crippen MR) is 153 cm³/mol. The molecular weight excluding hydrogens is 502 g/mol. The lowest BCUT2D eigenvalue weighted by atomic mass is 10.0. The van der Waals surface area contributed by atoms with Gasteiger partial charge in [-0.05, 0) is 88.4 Å². The molecule has 2 amide bonds. The van der Waals surface area contributed by atoms with E-state index in [9.17, 15) is 18.0 Å². The molecule has 1 N–H and O–H groups in total. The molecule has 210 valence electrons. The molecule has 0 unspecified atom stereocenters. The smallest absolute Gasteiger partial charge is 0.243 e. The molecule has 0 bridgehead atoms. The summed E-state index contributed by atoms with van der Waals surface area (Å²) in [5.74, 6) is 0.288. The van der Waals surface area contributed by atoms with Crippen LogP contribution >= 0.6 is 0 Å². The van der Waals surface area contributed by atoms with Crippen LogP contribution in [0, 0.1) is 13.8 Å². The summed E-state index contributed by atoms with van der Waals surface area (Å²) < 4.78 is 31.7. The largest absolute Gasteiger partial charge is 0.497 e. The Balaban J connectivity index is 2.26. The Morgan fingerprint density at radius 2 is 1.66 bits per heavy atom. The highest BCUT2D eigenvalue weighted by Gasteiger charge is 2.30. The molecule has 0 spiro atoms. The summed E-state index contributed by atoms with van der Waals surface area (Å²) in [6.45, 7) is 11.9. The molecule has 0 saturated heterocycles. The average Bonchev–Trinajstić information content (AvgIpc) is 2.82. The van der Waals surface area contributed by atoms with Gasteiger partial charge in [0.25, 0.3) is 0 Å². The average molecular weight is 546 g/mol. The maximum Gasteiger partial charge on any atom is 0.243 e. The zero-order valence-electron chi connectivity index (χ0n) is 24.0. The van der Waals surface area contributed by atoms with Crippen LogP contribution < -0.4 is 14.4 Å². The fourth-order valence-electron chi connectivity index (χ4n) is 4.18. The summed E-state index contributed by atoms with van der Waals surface area (Å²) in [6, 6.07) is 12.3. The molecule has 0 aliphatic carbocycles. The summed E-state index contributed by atoms with van der Waals surface area (Å²) in [6.07, 6.45) is 2.04. The van der Waals surface area contributed by atoms with Crippen molar-refractivity contribution in [2.75, 3.05) is 24.2 Å². The third-order valence-electron chi connectivity index (χ3n) is 6.33. The van der Waals surface area contributed by atoms with Gasteiger partial charge in [0, 0.05) is 25.0 Å². The minimum absolute atomic E-state index is 0.103. The summed E-state index contributed by atoms with van der Waals surface area (Å²) in [7, 11) is -1.95. The maximum atomic E-state index is 13.6. The Hall–Kier alpha value is -3.07. The normalized spacial score (nSPS) is 12.5. The topological polar surface area (TPSA) is 96.0 Å². The van der Waals surface area contributed by atoms with E-state index >= 15 is 0 Å². The van der Waals surface area contributed by atoms with Gasteiger partial charge < -0.3 is 15.0 Å². The SMILES string of the molecule is CC[C@@H](C(=O)NC(C)(C)C)N(Cc1ccc(OC)cc1)C(=O)CCCN(c1ccc(C)c(C)c1)S(C)(=O)=O. The number of ether oxygens (including phenoxy) is 1. The highest BCUT2D eigenvalue weighted by molar-refractivity contribution is 7.92. The van der Waals surface area contributed by atoms with Gasteiger partial charge in [-0.15, -0.1) is 0 Å². The van der Waals surface area contributed by atoms with E-state index in [-0.39, 0.29) is 31.3 Å². The highest BCUT2D eigenvalue weighted by atomic mass is 32.2. The predicted octanol–water partition coefficient (Wildman–Crippen LogP) is 4.58. The molecule has 1 atom stereocenters. The van der Waals surface area contributed by atoms with Gasteiger partial charge in [-0.1, -0.05) is 25.1 Å². The van der Waals surface area contributed by atoms with Crippen molar-refractivity contribution in [1.82, 2.24) is 10.2 Å². The van der Waals surface area contributed by atoms with Gasteiger partial charge in [-0.2, -0.15) is 0 Å². The first-order chi connectivity index (χ1) is 17.7. The fourth-order valence-corrected chi connectivity index (χ4v) is 5.14. The van der Waals surface area contributed by atoms with Gasteiger partial charge >= 0.3 is 0 Å². The zero-order chi connectivity index (χ0) is 28.7. The van der Waals surface area contributed by atoms with E-state index in [0.29, 0.717) is 24.3 Å². The summed E-state index contributed by atoms with van der Waals surface area (Å²) >= 11 is 0. The van der Waals surface area contributed by atoms with E-state index in [1.54, 1.807) is 18.1 Å². The van der Waals surface area contributed by atoms with E-state index in [0.717, 1.165) is 16.7 Å². The minimum Gasteiger partial charge on any atom is -0.497 e. The highest BCUT2D eigenvalue weighted by Crippen LogP contribution is 2.23. The monoisotopic (exact) mass is 545 g/mol. The molecule has 2 aromatic rings. The molecule has 0 radical (unpaired) electrons. The Morgan fingerprint density at radius 1 is 1.03 bits per heavy atom. The van der Waals surface area contributed by atoms with Crippen LogP contribution in [0.25, 0.3) is 0 Å². The molecule has 2 aromatic carbocycles. The summed E-state index contributed by atoms with van der Waals surface area (Å²) in [5.41, 5.74) is 3.07. The third kappa shape index (κ3) is 9.04. The molecule has 8 nitrogen and oxygen atoms in total. The number of nitrogens with one attached hydrogen (secondary N) is 1. The Labute approximate surface area is 228 Å². The quantitative estimate of drug-likeness (QED) is 0.421. The first-order valence-corrected chi connectivity index (χ1v) is 14.8. The van der Waals surface area contributed by atoms with Crippen LogP contribution in [0.2, 0.25) is 0 Å². The lowest BCUT2D eigenvalue weighted by molar-refractivity contribution is -0.142. The van der Waals surface area contributed by atoms with Crippen LogP contribution in [-0.4, -0.2) is 56.6 Å². The lowest BCUT2D eigenvalue weighted by Gasteiger charge is -2.33. The van der Waals surface area contributed by atoms with Crippen LogP contribution in [0.15, 0.2) is 42.5 Å².